The number of alkyl halides is 3. The van der Waals surface area contributed by atoms with Crippen molar-refractivity contribution in [3.8, 4) is 0 Å². The van der Waals surface area contributed by atoms with Crippen molar-refractivity contribution in [2.45, 2.75) is 12.7 Å². The van der Waals surface area contributed by atoms with Gasteiger partial charge >= 0.3 is 6.18 Å². The van der Waals surface area contributed by atoms with Gasteiger partial charge in [0.25, 0.3) is 5.91 Å². The van der Waals surface area contributed by atoms with Crippen LogP contribution < -0.4 is 5.32 Å². The molecular formula is C19H18ClF3N2O2. The number of hydrogen-bond acceptors (Lipinski definition) is 3. The average Bonchev–Trinajstić information content (AvgIpc) is 2.64. The van der Waals surface area contributed by atoms with Crippen LogP contribution in [0.5, 0.6) is 0 Å². The standard InChI is InChI=1S/C19H18ClF3N2O2/c20-17-11-16(6-3-14(17)12-25-7-9-27-10-8-25)24-18(26)13-1-4-15(5-2-13)19(21,22)23/h1-6,11H,7-10,12H2,(H,24,26). The Labute approximate surface area is 159 Å². The molecule has 1 N–H and O–H groups in total. The third kappa shape index (κ3) is 5.22. The van der Waals surface area contributed by atoms with Crippen LogP contribution in [-0.2, 0) is 17.5 Å². The SMILES string of the molecule is O=C(Nc1ccc(CN2CCOCC2)c(Cl)c1)c1ccc(C(F)(F)F)cc1. The zero-order valence-corrected chi connectivity index (χ0v) is 15.1. The minimum absolute atomic E-state index is 0.136. The number of carbonyl (C=O) groups excluding carboxylic acids is 1. The first kappa shape index (κ1) is 19.7. The smallest absolute Gasteiger partial charge is 0.379 e. The minimum Gasteiger partial charge on any atom is -0.379 e. The summed E-state index contributed by atoms with van der Waals surface area (Å²) in [7, 11) is 0. The average molecular weight is 399 g/mol. The van der Waals surface area contributed by atoms with Gasteiger partial charge in [0.05, 0.1) is 18.8 Å². The maximum atomic E-state index is 12.6. The van der Waals surface area contributed by atoms with E-state index in [-0.39, 0.29) is 5.56 Å². The summed E-state index contributed by atoms with van der Waals surface area (Å²) in [5.74, 6) is -0.499. The predicted octanol–water partition coefficient (Wildman–Crippen LogP) is 4.44. The van der Waals surface area contributed by atoms with E-state index in [1.165, 1.54) is 0 Å². The molecule has 0 atom stereocenters. The number of amides is 1. The fourth-order valence-corrected chi connectivity index (χ4v) is 3.01. The van der Waals surface area contributed by atoms with Gasteiger partial charge in [-0.2, -0.15) is 13.2 Å². The van der Waals surface area contributed by atoms with Gasteiger partial charge in [-0.1, -0.05) is 17.7 Å². The Morgan fingerprint density at radius 1 is 1.11 bits per heavy atom. The molecule has 3 rings (SSSR count). The number of hydrogen-bond donors (Lipinski definition) is 1. The highest BCUT2D eigenvalue weighted by Crippen LogP contribution is 2.29. The van der Waals surface area contributed by atoms with Gasteiger partial charge in [-0.05, 0) is 42.0 Å². The molecule has 2 aromatic carbocycles. The number of morpholine rings is 1. The van der Waals surface area contributed by atoms with Gasteiger partial charge in [0.15, 0.2) is 0 Å². The first-order valence-corrected chi connectivity index (χ1v) is 8.78. The molecule has 1 heterocycles. The Bertz CT molecular complexity index is 804. The van der Waals surface area contributed by atoms with Crippen LogP contribution >= 0.6 is 11.6 Å². The van der Waals surface area contributed by atoms with Crippen LogP contribution in [0.3, 0.4) is 0 Å². The van der Waals surface area contributed by atoms with Gasteiger partial charge in [-0.15, -0.1) is 0 Å². The monoisotopic (exact) mass is 398 g/mol. The Hall–Kier alpha value is -2.09. The quantitative estimate of drug-likeness (QED) is 0.827. The molecule has 0 radical (unpaired) electrons. The second kappa shape index (κ2) is 8.29. The fraction of sp³-hybridized carbons (Fsp3) is 0.316. The number of benzene rings is 2. The predicted molar refractivity (Wildman–Crippen MR) is 96.9 cm³/mol. The third-order valence-electron chi connectivity index (χ3n) is 4.28. The maximum Gasteiger partial charge on any atom is 0.416 e. The lowest BCUT2D eigenvalue weighted by molar-refractivity contribution is -0.137. The maximum absolute atomic E-state index is 12.6. The molecule has 8 heteroatoms. The van der Waals surface area contributed by atoms with E-state index < -0.39 is 17.6 Å². The summed E-state index contributed by atoms with van der Waals surface area (Å²) in [6.07, 6.45) is -4.43. The van der Waals surface area contributed by atoms with Gasteiger partial charge in [0.2, 0.25) is 0 Å². The molecule has 0 saturated carbocycles. The lowest BCUT2D eigenvalue weighted by Crippen LogP contribution is -2.35. The summed E-state index contributed by atoms with van der Waals surface area (Å²) in [5.41, 5.74) is 0.757. The molecule has 0 aliphatic carbocycles. The lowest BCUT2D eigenvalue weighted by atomic mass is 10.1. The van der Waals surface area contributed by atoms with Crippen molar-refractivity contribution < 1.29 is 22.7 Å². The number of anilines is 1. The van der Waals surface area contributed by atoms with E-state index in [0.29, 0.717) is 30.5 Å². The van der Waals surface area contributed by atoms with Crippen molar-refractivity contribution in [1.82, 2.24) is 4.90 Å². The fourth-order valence-electron chi connectivity index (χ4n) is 2.77. The van der Waals surface area contributed by atoms with Crippen molar-refractivity contribution in [1.29, 1.82) is 0 Å². The van der Waals surface area contributed by atoms with Crippen molar-refractivity contribution in [2.24, 2.45) is 0 Å². The molecule has 144 valence electrons. The molecule has 1 aliphatic heterocycles. The van der Waals surface area contributed by atoms with Crippen LogP contribution in [0, 0.1) is 0 Å². The number of halogens is 4. The van der Waals surface area contributed by atoms with Gasteiger partial charge in [-0.25, -0.2) is 0 Å². The summed E-state index contributed by atoms with van der Waals surface area (Å²) >= 11 is 6.31. The van der Waals surface area contributed by atoms with Gasteiger partial charge in [0, 0.05) is 35.9 Å². The molecule has 0 bridgehead atoms. The van der Waals surface area contributed by atoms with Crippen molar-refractivity contribution in [2.75, 3.05) is 31.6 Å². The first-order chi connectivity index (χ1) is 12.8. The van der Waals surface area contributed by atoms with Crippen molar-refractivity contribution in [3.05, 3.63) is 64.2 Å². The number of ether oxygens (including phenoxy) is 1. The number of nitrogens with zero attached hydrogens (tertiary/aromatic N) is 1. The number of carbonyl (C=O) groups is 1. The van der Waals surface area contributed by atoms with Crippen molar-refractivity contribution >= 4 is 23.2 Å². The van der Waals surface area contributed by atoms with E-state index in [9.17, 15) is 18.0 Å². The lowest BCUT2D eigenvalue weighted by Gasteiger charge is -2.27. The van der Waals surface area contributed by atoms with E-state index in [2.05, 4.69) is 10.2 Å². The van der Waals surface area contributed by atoms with E-state index in [1.807, 2.05) is 6.07 Å². The zero-order valence-electron chi connectivity index (χ0n) is 14.4. The molecule has 0 aromatic heterocycles. The Kier molecular flexibility index (Phi) is 6.04. The zero-order chi connectivity index (χ0) is 19.4. The molecule has 2 aromatic rings. The van der Waals surface area contributed by atoms with E-state index in [4.69, 9.17) is 16.3 Å². The van der Waals surface area contributed by atoms with E-state index in [1.54, 1.807) is 12.1 Å². The molecule has 1 fully saturated rings. The van der Waals surface area contributed by atoms with Gasteiger partial charge < -0.3 is 10.1 Å². The second-order valence-electron chi connectivity index (χ2n) is 6.22. The molecule has 4 nitrogen and oxygen atoms in total. The molecule has 0 unspecified atom stereocenters. The molecule has 1 amide bonds. The van der Waals surface area contributed by atoms with Crippen LogP contribution in [0.25, 0.3) is 0 Å². The van der Waals surface area contributed by atoms with Crippen LogP contribution in [0.2, 0.25) is 5.02 Å². The van der Waals surface area contributed by atoms with Crippen LogP contribution in [-0.4, -0.2) is 37.1 Å². The molecule has 27 heavy (non-hydrogen) atoms. The van der Waals surface area contributed by atoms with Crippen LogP contribution in [0.4, 0.5) is 18.9 Å². The number of nitrogens with one attached hydrogen (secondary N) is 1. The van der Waals surface area contributed by atoms with Crippen LogP contribution in [0.15, 0.2) is 42.5 Å². The molecule has 0 spiro atoms. The highest BCUT2D eigenvalue weighted by Gasteiger charge is 2.30. The number of rotatable bonds is 4. The molecule has 1 aliphatic rings. The van der Waals surface area contributed by atoms with E-state index in [0.717, 1.165) is 42.9 Å². The van der Waals surface area contributed by atoms with Gasteiger partial charge in [-0.3, -0.25) is 9.69 Å². The Balaban J connectivity index is 1.64. The highest BCUT2D eigenvalue weighted by atomic mass is 35.5. The summed E-state index contributed by atoms with van der Waals surface area (Å²) in [6.45, 7) is 3.75. The largest absolute Gasteiger partial charge is 0.416 e. The van der Waals surface area contributed by atoms with Crippen molar-refractivity contribution in [3.63, 3.8) is 0 Å². The molecular weight excluding hydrogens is 381 g/mol. The van der Waals surface area contributed by atoms with E-state index >= 15 is 0 Å². The third-order valence-corrected chi connectivity index (χ3v) is 4.63. The summed E-state index contributed by atoms with van der Waals surface area (Å²) in [4.78, 5) is 14.5. The summed E-state index contributed by atoms with van der Waals surface area (Å²) < 4.78 is 43.1. The normalized spacial score (nSPS) is 15.6. The minimum atomic E-state index is -4.43. The first-order valence-electron chi connectivity index (χ1n) is 8.40. The van der Waals surface area contributed by atoms with Crippen LogP contribution in [0.1, 0.15) is 21.5 Å². The second-order valence-corrected chi connectivity index (χ2v) is 6.63. The molecule has 1 saturated heterocycles. The Morgan fingerprint density at radius 2 is 1.78 bits per heavy atom. The van der Waals surface area contributed by atoms with Gasteiger partial charge in [0.1, 0.15) is 0 Å². The topological polar surface area (TPSA) is 41.6 Å². The summed E-state index contributed by atoms with van der Waals surface area (Å²) in [5, 5.41) is 3.17. The highest BCUT2D eigenvalue weighted by molar-refractivity contribution is 6.31. The summed E-state index contributed by atoms with van der Waals surface area (Å²) in [6, 6.07) is 9.25. The Morgan fingerprint density at radius 3 is 2.37 bits per heavy atom.